The van der Waals surface area contributed by atoms with Gasteiger partial charge in [-0.1, -0.05) is 31.5 Å². The fraction of sp³-hybridized carbons (Fsp3) is 0.455. The number of aromatic amines is 1. The standard InChI is InChI=1S/C22H28N4O/c1-3-11-26-15(2)19(14-24-26)22(27)25-17-8-6-7-16(12-17)20-13-23-21-10-5-4-9-18(20)21/h4-5,9-10,13-14,16-17,23H,3,6-8,11-12H2,1-2H3,(H,25,27)/t16-,17+/m1/s1. The lowest BCUT2D eigenvalue weighted by molar-refractivity contribution is 0.0924. The Morgan fingerprint density at radius 3 is 3.04 bits per heavy atom. The van der Waals surface area contributed by atoms with E-state index >= 15 is 0 Å². The highest BCUT2D eigenvalue weighted by molar-refractivity contribution is 5.95. The third-order valence-electron chi connectivity index (χ3n) is 5.85. The maximum atomic E-state index is 12.8. The first-order valence-corrected chi connectivity index (χ1v) is 10.1. The average Bonchev–Trinajstić information content (AvgIpc) is 3.26. The number of para-hydroxylation sites is 1. The molecule has 1 aliphatic carbocycles. The lowest BCUT2D eigenvalue weighted by atomic mass is 9.81. The lowest BCUT2D eigenvalue weighted by Crippen LogP contribution is -2.38. The largest absolute Gasteiger partial charge is 0.361 e. The summed E-state index contributed by atoms with van der Waals surface area (Å²) in [4.78, 5) is 16.2. The van der Waals surface area contributed by atoms with Gasteiger partial charge in [0.05, 0.1) is 11.8 Å². The van der Waals surface area contributed by atoms with Crippen LogP contribution in [-0.4, -0.2) is 26.7 Å². The van der Waals surface area contributed by atoms with Crippen LogP contribution in [0.4, 0.5) is 0 Å². The van der Waals surface area contributed by atoms with Gasteiger partial charge in [0.25, 0.3) is 5.91 Å². The Balaban J connectivity index is 1.46. The summed E-state index contributed by atoms with van der Waals surface area (Å²) in [6.07, 6.45) is 9.24. The molecule has 0 spiro atoms. The number of aromatic nitrogens is 3. The van der Waals surface area contributed by atoms with Crippen molar-refractivity contribution in [1.82, 2.24) is 20.1 Å². The van der Waals surface area contributed by atoms with Crippen molar-refractivity contribution in [3.05, 3.63) is 53.5 Å². The molecule has 0 unspecified atom stereocenters. The van der Waals surface area contributed by atoms with E-state index in [1.54, 1.807) is 6.20 Å². The minimum atomic E-state index is 0.0134. The molecule has 1 saturated carbocycles. The van der Waals surface area contributed by atoms with Crippen LogP contribution in [0.15, 0.2) is 36.7 Å². The molecule has 0 radical (unpaired) electrons. The van der Waals surface area contributed by atoms with Crippen molar-refractivity contribution in [1.29, 1.82) is 0 Å². The van der Waals surface area contributed by atoms with E-state index in [2.05, 4.69) is 52.8 Å². The molecule has 27 heavy (non-hydrogen) atoms. The van der Waals surface area contributed by atoms with Crippen molar-refractivity contribution < 1.29 is 4.79 Å². The number of carbonyl (C=O) groups excluding carboxylic acids is 1. The van der Waals surface area contributed by atoms with Gasteiger partial charge in [0, 0.05) is 35.4 Å². The topological polar surface area (TPSA) is 62.7 Å². The fourth-order valence-electron chi connectivity index (χ4n) is 4.40. The third-order valence-corrected chi connectivity index (χ3v) is 5.85. The highest BCUT2D eigenvalue weighted by atomic mass is 16.1. The van der Waals surface area contributed by atoms with Gasteiger partial charge in [-0.05, 0) is 50.2 Å². The lowest BCUT2D eigenvalue weighted by Gasteiger charge is -2.29. The minimum Gasteiger partial charge on any atom is -0.361 e. The molecule has 2 atom stereocenters. The first-order valence-electron chi connectivity index (χ1n) is 10.1. The third kappa shape index (κ3) is 3.51. The quantitative estimate of drug-likeness (QED) is 0.698. The van der Waals surface area contributed by atoms with Crippen LogP contribution >= 0.6 is 0 Å². The van der Waals surface area contributed by atoms with Gasteiger partial charge in [-0.25, -0.2) is 0 Å². The van der Waals surface area contributed by atoms with Gasteiger partial charge in [-0.15, -0.1) is 0 Å². The van der Waals surface area contributed by atoms with Crippen LogP contribution in [0.3, 0.4) is 0 Å². The Labute approximate surface area is 160 Å². The van der Waals surface area contributed by atoms with E-state index in [0.717, 1.165) is 37.9 Å². The number of carbonyl (C=O) groups is 1. The summed E-state index contributed by atoms with van der Waals surface area (Å²) in [5.41, 5.74) is 4.24. The highest BCUT2D eigenvalue weighted by Crippen LogP contribution is 2.36. The van der Waals surface area contributed by atoms with E-state index in [4.69, 9.17) is 0 Å². The van der Waals surface area contributed by atoms with Gasteiger partial charge >= 0.3 is 0 Å². The Morgan fingerprint density at radius 1 is 1.33 bits per heavy atom. The van der Waals surface area contributed by atoms with E-state index in [-0.39, 0.29) is 11.9 Å². The molecule has 142 valence electrons. The van der Waals surface area contributed by atoms with Crippen molar-refractivity contribution in [2.45, 2.75) is 64.5 Å². The predicted octanol–water partition coefficient (Wildman–Crippen LogP) is 4.54. The van der Waals surface area contributed by atoms with Gasteiger partial charge in [0.2, 0.25) is 0 Å². The molecule has 1 fully saturated rings. The Morgan fingerprint density at radius 2 is 2.19 bits per heavy atom. The van der Waals surface area contributed by atoms with Gasteiger partial charge in [-0.2, -0.15) is 5.10 Å². The molecule has 0 saturated heterocycles. The molecule has 5 nitrogen and oxygen atoms in total. The summed E-state index contributed by atoms with van der Waals surface area (Å²) < 4.78 is 1.92. The van der Waals surface area contributed by atoms with E-state index in [1.807, 2.05) is 11.6 Å². The van der Waals surface area contributed by atoms with Gasteiger partial charge in [-0.3, -0.25) is 9.48 Å². The van der Waals surface area contributed by atoms with Gasteiger partial charge < -0.3 is 10.3 Å². The smallest absolute Gasteiger partial charge is 0.254 e. The molecule has 1 amide bonds. The summed E-state index contributed by atoms with van der Waals surface area (Å²) in [6.45, 7) is 4.95. The van der Waals surface area contributed by atoms with Crippen LogP contribution < -0.4 is 5.32 Å². The number of nitrogens with zero attached hydrogens (tertiary/aromatic N) is 2. The van der Waals surface area contributed by atoms with E-state index in [9.17, 15) is 4.79 Å². The van der Waals surface area contributed by atoms with Crippen LogP contribution in [0.25, 0.3) is 10.9 Å². The molecule has 1 aromatic carbocycles. The summed E-state index contributed by atoms with van der Waals surface area (Å²) in [6, 6.07) is 8.69. The zero-order chi connectivity index (χ0) is 18.8. The molecule has 4 rings (SSSR count). The normalized spacial score (nSPS) is 20.1. The average molecular weight is 364 g/mol. The monoisotopic (exact) mass is 364 g/mol. The number of H-pyrrole nitrogens is 1. The zero-order valence-corrected chi connectivity index (χ0v) is 16.2. The first-order chi connectivity index (χ1) is 13.2. The number of amides is 1. The van der Waals surface area contributed by atoms with Crippen LogP contribution in [0, 0.1) is 6.92 Å². The Bertz CT molecular complexity index is 939. The van der Waals surface area contributed by atoms with Crippen LogP contribution in [0.5, 0.6) is 0 Å². The molecule has 2 aromatic heterocycles. The second-order valence-electron chi connectivity index (χ2n) is 7.69. The zero-order valence-electron chi connectivity index (χ0n) is 16.2. The minimum absolute atomic E-state index is 0.0134. The van der Waals surface area contributed by atoms with Crippen molar-refractivity contribution in [2.75, 3.05) is 0 Å². The fourth-order valence-corrected chi connectivity index (χ4v) is 4.40. The number of fused-ring (bicyclic) bond motifs is 1. The van der Waals surface area contributed by atoms with Gasteiger partial charge in [0.15, 0.2) is 0 Å². The maximum Gasteiger partial charge on any atom is 0.254 e. The highest BCUT2D eigenvalue weighted by Gasteiger charge is 2.27. The second kappa shape index (κ2) is 7.59. The first kappa shape index (κ1) is 17.8. The molecule has 5 heteroatoms. The van der Waals surface area contributed by atoms with Gasteiger partial charge in [0.1, 0.15) is 0 Å². The number of nitrogens with one attached hydrogen (secondary N) is 2. The molecule has 0 aliphatic heterocycles. The van der Waals surface area contributed by atoms with E-state index < -0.39 is 0 Å². The molecular weight excluding hydrogens is 336 g/mol. The van der Waals surface area contributed by atoms with Crippen molar-refractivity contribution in [2.24, 2.45) is 0 Å². The molecule has 0 bridgehead atoms. The summed E-state index contributed by atoms with van der Waals surface area (Å²) in [7, 11) is 0. The predicted molar refractivity (Wildman–Crippen MR) is 108 cm³/mol. The van der Waals surface area contributed by atoms with Crippen molar-refractivity contribution >= 4 is 16.8 Å². The van der Waals surface area contributed by atoms with Crippen molar-refractivity contribution in [3.63, 3.8) is 0 Å². The van der Waals surface area contributed by atoms with Crippen LogP contribution in [0.2, 0.25) is 0 Å². The number of rotatable bonds is 5. The molecule has 3 aromatic rings. The molecule has 2 N–H and O–H groups in total. The maximum absolute atomic E-state index is 12.8. The summed E-state index contributed by atoms with van der Waals surface area (Å²) >= 11 is 0. The van der Waals surface area contributed by atoms with Crippen LogP contribution in [0.1, 0.15) is 66.6 Å². The molecular formula is C22H28N4O. The Hall–Kier alpha value is -2.56. The van der Waals surface area contributed by atoms with E-state index in [0.29, 0.717) is 11.5 Å². The van der Waals surface area contributed by atoms with E-state index in [1.165, 1.54) is 22.9 Å². The molecule has 1 aliphatic rings. The summed E-state index contributed by atoms with van der Waals surface area (Å²) in [5.74, 6) is 0.503. The Kier molecular flexibility index (Phi) is 5.01. The van der Waals surface area contributed by atoms with Crippen molar-refractivity contribution in [3.8, 4) is 0 Å². The second-order valence-corrected chi connectivity index (χ2v) is 7.69. The summed E-state index contributed by atoms with van der Waals surface area (Å²) in [5, 5.41) is 8.94. The number of benzene rings is 1. The number of aryl methyl sites for hydroxylation is 1. The van der Waals surface area contributed by atoms with Crippen LogP contribution in [-0.2, 0) is 6.54 Å². The number of hydrogen-bond donors (Lipinski definition) is 2. The SMILES string of the molecule is CCCn1ncc(C(=O)N[C@H]2CCC[C@@H](c3c[nH]c4ccccc34)C2)c1C. The number of hydrogen-bond acceptors (Lipinski definition) is 2. The molecule has 2 heterocycles.